The Balaban J connectivity index is 1.07. The van der Waals surface area contributed by atoms with E-state index in [0.717, 1.165) is 56.1 Å². The monoisotopic (exact) mass is 1890 g/mol. The molecule has 2 fully saturated rings. The molecule has 7 amide bonds. The van der Waals surface area contributed by atoms with Gasteiger partial charge in [0.05, 0.1) is 84.4 Å². The van der Waals surface area contributed by atoms with Crippen LogP contribution in [0.3, 0.4) is 0 Å². The van der Waals surface area contributed by atoms with Crippen molar-refractivity contribution in [2.75, 3.05) is 113 Å². The van der Waals surface area contributed by atoms with Crippen molar-refractivity contribution in [3.8, 4) is 0 Å². The van der Waals surface area contributed by atoms with Crippen molar-refractivity contribution in [1.82, 2.24) is 31.9 Å². The molecule has 14 N–H and O–H groups in total. The summed E-state index contributed by atoms with van der Waals surface area (Å²) in [4.78, 5) is 185. The Morgan fingerprint density at radius 3 is 1.95 bits per heavy atom. The number of aliphatic carboxylic acids is 1. The van der Waals surface area contributed by atoms with Gasteiger partial charge in [-0.25, -0.2) is 8.42 Å². The molecule has 2 saturated heterocycles. The number of allylic oxidation sites excluding steroid dienone is 6. The summed E-state index contributed by atoms with van der Waals surface area (Å²) in [7, 11) is -7.29. The van der Waals surface area contributed by atoms with Gasteiger partial charge in [-0.3, -0.25) is 71.9 Å². The lowest BCUT2D eigenvalue weighted by molar-refractivity contribution is -0.438. The molecule has 0 spiro atoms. The summed E-state index contributed by atoms with van der Waals surface area (Å²) in [5.41, 5.74) is 20.0. The predicted octanol–water partition coefficient (Wildman–Crippen LogP) is 4.82. The van der Waals surface area contributed by atoms with E-state index < -0.39 is 170 Å². The first kappa shape index (κ1) is 106. The molecular weight excluding hydrogens is 1770 g/mol. The maximum absolute atomic E-state index is 15.0. The second-order valence-electron chi connectivity index (χ2n) is 32.8. The topological polar surface area (TPSA) is 559 Å². The number of likely N-dealkylation sites (N-methyl/N-ethyl adjacent to an activating group) is 1. The van der Waals surface area contributed by atoms with Crippen molar-refractivity contribution in [1.29, 1.82) is 0 Å². The van der Waals surface area contributed by atoms with Crippen LogP contribution in [0.15, 0.2) is 118 Å². The minimum absolute atomic E-state index is 0.00973. The Kier molecular flexibility index (Phi) is 43.8. The number of ketones is 5. The van der Waals surface area contributed by atoms with Crippen LogP contribution < -0.4 is 54.0 Å². The van der Waals surface area contributed by atoms with Gasteiger partial charge in [0.15, 0.2) is 40.6 Å². The molecule has 0 aromatic heterocycles. The third kappa shape index (κ3) is 35.2. The minimum Gasteiger partial charge on any atom is -0.744 e. The first-order valence-corrected chi connectivity index (χ1v) is 49.6. The van der Waals surface area contributed by atoms with Crippen LogP contribution in [0.5, 0.6) is 0 Å². The van der Waals surface area contributed by atoms with Crippen LogP contribution in [0, 0.1) is 17.8 Å². The van der Waals surface area contributed by atoms with Gasteiger partial charge in [0.25, 0.3) is 10.1 Å². The maximum atomic E-state index is 15.0. The normalized spacial score (nSPS) is 21.0. The number of benzene rings is 3. The Hall–Kier alpha value is -9.56. The molecule has 36 nitrogen and oxygen atoms in total. The minimum atomic E-state index is -4.70. The molecule has 4 aliphatic rings. The summed E-state index contributed by atoms with van der Waals surface area (Å²) in [5, 5.41) is 26.6. The van der Waals surface area contributed by atoms with Crippen molar-refractivity contribution < 1.29 is 117 Å². The van der Waals surface area contributed by atoms with E-state index in [4.69, 9.17) is 36.1 Å². The number of guanidine groups is 1. The number of nitrogens with one attached hydrogen (secondary N) is 6. The van der Waals surface area contributed by atoms with Crippen LogP contribution in [0.1, 0.15) is 160 Å². The molecule has 3 aromatic rings. The molecule has 4 heterocycles. The number of carbonyl (C=O) groups is 13. The highest BCUT2D eigenvalue weighted by atomic mass is 33.1. The van der Waals surface area contributed by atoms with E-state index in [1.54, 1.807) is 42.5 Å². The molecule has 2 bridgehead atoms. The van der Waals surface area contributed by atoms with Crippen molar-refractivity contribution in [3.05, 3.63) is 119 Å². The Bertz CT molecular complexity index is 4850. The zero-order chi connectivity index (χ0) is 94.4. The summed E-state index contributed by atoms with van der Waals surface area (Å²) in [6.07, 6.45) is 9.79. The van der Waals surface area contributed by atoms with Crippen LogP contribution in [-0.2, 0) is 119 Å². The van der Waals surface area contributed by atoms with Crippen LogP contribution >= 0.6 is 33.3 Å². The number of Topliss-reactive ketones (excluding diaryl/α,β-unsaturated/α-hetero) is 5. The standard InChI is InChI=1S/C88H122N12O24S5/c1-6-99-71-32-30-63(128(115,116)117)48-65(71)87(2,3)76(99)27-12-8-13-28-77-88(4,5)66-49-64(129(118,119)120)31-33-72(66)100(77)36-17-9-14-29-79(107)92-34-16-15-25-67-85(114)98-70-55-127-126-54-69(97-84(113)60(47-81(109)110)44-62(102)50-94-82(111)58(45-74(70)104)23-18-35-93-86(90)91)75(105)46-59(43-57-21-10-7-11-22-57)83(112)96-68(53-125-56-80(108)95-67)73(103)26-20-38-122-40-42-123-41-39-121-37-19-24-61(101)51-124-52-78(89)106/h7-8,10-13,21-22,27-28,30-33,48-49,58-60,67-70H,6,9,14-20,23-26,29,34-47,50-56H2,1-5H3,(H14-,89,90,91,92,93,94,95,96,97,98,106,107,108,109,110,111,112,113,114,115,116,117,118,119,120)/t58-,59-,60+,67+,68+,69+,70+/m1/s1. The smallest absolute Gasteiger partial charge is 0.304 e. The van der Waals surface area contributed by atoms with Crippen LogP contribution in [0.2, 0.25) is 0 Å². The molecule has 7 atom stereocenters. The third-order valence-corrected chi connectivity index (χ3v) is 27.3. The Labute approximate surface area is 764 Å². The number of fused-ring (bicyclic) bond motifs is 7. The van der Waals surface area contributed by atoms with E-state index in [9.17, 15) is 93.4 Å². The summed E-state index contributed by atoms with van der Waals surface area (Å²) in [5.74, 6) is -14.4. The molecular formula is C88H122N12O24S5. The maximum Gasteiger partial charge on any atom is 0.304 e. The van der Waals surface area contributed by atoms with E-state index in [1.165, 1.54) is 24.3 Å². The molecule has 0 unspecified atom stereocenters. The van der Waals surface area contributed by atoms with Crippen molar-refractivity contribution >= 4 is 153 Å². The molecule has 4 aliphatic heterocycles. The van der Waals surface area contributed by atoms with Crippen molar-refractivity contribution in [2.45, 2.75) is 195 Å². The average Bonchev–Trinajstić information content (AvgIpc) is 1.59. The number of rotatable bonds is 44. The van der Waals surface area contributed by atoms with Gasteiger partial charge in [0.1, 0.15) is 35.9 Å². The third-order valence-electron chi connectivity index (χ3n) is 22.1. The molecule has 129 heavy (non-hydrogen) atoms. The summed E-state index contributed by atoms with van der Waals surface area (Å²) in [6, 6.07) is 12.0. The van der Waals surface area contributed by atoms with Gasteiger partial charge in [-0.2, -0.15) is 13.0 Å². The predicted molar refractivity (Wildman–Crippen MR) is 487 cm³/mol. The van der Waals surface area contributed by atoms with E-state index >= 15 is 0 Å². The summed E-state index contributed by atoms with van der Waals surface area (Å²) < 4.78 is 94.9. The van der Waals surface area contributed by atoms with Crippen LogP contribution in [0.25, 0.3) is 0 Å². The number of amides is 7. The molecule has 0 radical (unpaired) electrons. The lowest BCUT2D eigenvalue weighted by Crippen LogP contribution is -2.53. The number of nitrogens with two attached hydrogens (primary N) is 3. The SMILES string of the molecule is CCN1C(=CC=CC=CC2=[N+](CCCCCC(=O)NCCCC[C@@H]3NC(=O)CSC[C@@H](C(=O)CCCOCCOCCOCCCC(=O)COCC(N)=O)NC(=O)[C@H](Cc4ccccc4)CC(=O)[C@@H]4CSSC[C@H](NC3=O)C(=O)C[C@@H](CCCN=C(N)N)C(=O)NCC(=O)C[C@@H](CC(=O)O)C(=O)N4)c3ccc(S(=O)(=O)O)cc3C2(C)C)C(C)(C)c2cc(S(=O)(=O)[O-])ccc21. The van der Waals surface area contributed by atoms with Crippen molar-refractivity contribution in [2.24, 2.45) is 39.9 Å². The zero-order valence-corrected chi connectivity index (χ0v) is 77.6. The molecule has 41 heteroatoms. The quantitative estimate of drug-likeness (QED) is 0.00687. The number of aliphatic imine (C=N–C) groups is 1. The van der Waals surface area contributed by atoms with E-state index in [1.807, 2.05) is 65.0 Å². The van der Waals surface area contributed by atoms with Gasteiger partial charge in [-0.15, -0.1) is 11.8 Å². The van der Waals surface area contributed by atoms with E-state index in [-0.39, 0.29) is 174 Å². The number of hydrogen-bond donors (Lipinski definition) is 11. The zero-order valence-electron chi connectivity index (χ0n) is 73.5. The Morgan fingerprint density at radius 2 is 1.29 bits per heavy atom. The molecule has 0 aliphatic carbocycles. The number of unbranched alkanes of at least 4 members (excludes halogenated alkanes) is 3. The molecule has 708 valence electrons. The molecule has 7 rings (SSSR count). The number of carbonyl (C=O) groups excluding carboxylic acids is 12. The summed E-state index contributed by atoms with van der Waals surface area (Å²) in [6.45, 7) is 10.8. The number of anilines is 1. The van der Waals surface area contributed by atoms with Gasteiger partial charge in [0.2, 0.25) is 47.0 Å². The number of primary amides is 1. The van der Waals surface area contributed by atoms with E-state index in [2.05, 4.69) is 46.4 Å². The van der Waals surface area contributed by atoms with Gasteiger partial charge in [0, 0.05) is 141 Å². The number of ether oxygens (including phenoxy) is 4. The lowest BCUT2D eigenvalue weighted by atomic mass is 9.81. The summed E-state index contributed by atoms with van der Waals surface area (Å²) >= 11 is 0.956. The number of hydrogen-bond acceptors (Lipinski definition) is 27. The number of thioether (sulfide) groups is 1. The van der Waals surface area contributed by atoms with Gasteiger partial charge < -0.3 is 82.6 Å². The fourth-order valence-electron chi connectivity index (χ4n) is 15.3. The number of nitrogens with zero attached hydrogens (tertiary/aromatic N) is 3. The fraction of sp³-hybridized carbons (Fsp3) is 0.557. The lowest BCUT2D eigenvalue weighted by Gasteiger charge is -2.26. The highest BCUT2D eigenvalue weighted by Gasteiger charge is 2.46. The van der Waals surface area contributed by atoms with Crippen LogP contribution in [-0.4, -0.2) is 256 Å². The van der Waals surface area contributed by atoms with Gasteiger partial charge >= 0.3 is 5.97 Å². The largest absolute Gasteiger partial charge is 0.744 e. The first-order chi connectivity index (χ1) is 61.3. The average molecular weight is 1890 g/mol. The van der Waals surface area contributed by atoms with Gasteiger partial charge in [-0.1, -0.05) is 84.0 Å². The Morgan fingerprint density at radius 1 is 0.651 bits per heavy atom. The fourth-order valence-corrected chi connectivity index (χ4v) is 19.6. The second kappa shape index (κ2) is 53.1. The highest BCUT2D eigenvalue weighted by molar-refractivity contribution is 8.76. The second-order valence-corrected chi connectivity index (χ2v) is 39.2. The van der Waals surface area contributed by atoms with Crippen molar-refractivity contribution in [3.63, 3.8) is 0 Å². The van der Waals surface area contributed by atoms with E-state index in [0.29, 0.717) is 61.9 Å². The highest BCUT2D eigenvalue weighted by Crippen LogP contribution is 2.49. The first-order valence-electron chi connectivity index (χ1n) is 43.1. The molecule has 0 saturated carbocycles. The number of carboxylic acid groups (broad SMARTS) is 1. The molecule has 3 aromatic carbocycles. The van der Waals surface area contributed by atoms with Gasteiger partial charge in [-0.05, 0) is 133 Å². The van der Waals surface area contributed by atoms with Crippen LogP contribution in [0.4, 0.5) is 11.4 Å². The number of carboxylic acids is 1.